The molecular formula is C11H13ClN4. The smallest absolute Gasteiger partial charge is 0.136 e. The summed E-state index contributed by atoms with van der Waals surface area (Å²) in [5, 5.41) is 4.75. The molecule has 16 heavy (non-hydrogen) atoms. The molecule has 0 amide bonds. The van der Waals surface area contributed by atoms with Gasteiger partial charge in [0.25, 0.3) is 0 Å². The minimum absolute atomic E-state index is 0.525. The van der Waals surface area contributed by atoms with Gasteiger partial charge in [-0.2, -0.15) is 5.10 Å². The summed E-state index contributed by atoms with van der Waals surface area (Å²) in [6.45, 7) is 4.93. The maximum atomic E-state index is 6.04. The summed E-state index contributed by atoms with van der Waals surface area (Å²) in [5.74, 6) is 0. The van der Waals surface area contributed by atoms with Crippen molar-refractivity contribution in [2.75, 3.05) is 0 Å². The average molecular weight is 237 g/mol. The van der Waals surface area contributed by atoms with Crippen molar-refractivity contribution in [3.63, 3.8) is 0 Å². The van der Waals surface area contributed by atoms with Crippen molar-refractivity contribution in [1.29, 1.82) is 0 Å². The lowest BCUT2D eigenvalue weighted by atomic mass is 10.1. The van der Waals surface area contributed by atoms with Crippen LogP contribution in [0.25, 0.3) is 11.3 Å². The molecule has 2 heterocycles. The van der Waals surface area contributed by atoms with E-state index in [-0.39, 0.29) is 0 Å². The highest BCUT2D eigenvalue weighted by atomic mass is 35.5. The van der Waals surface area contributed by atoms with Gasteiger partial charge in [0.1, 0.15) is 11.5 Å². The normalized spacial score (nSPS) is 10.7. The van der Waals surface area contributed by atoms with Crippen LogP contribution in [0.5, 0.6) is 0 Å². The molecule has 0 aliphatic carbocycles. The van der Waals surface area contributed by atoms with E-state index in [4.69, 9.17) is 11.6 Å². The highest BCUT2D eigenvalue weighted by Crippen LogP contribution is 2.25. The first-order chi connectivity index (χ1) is 7.76. The van der Waals surface area contributed by atoms with E-state index in [1.165, 1.54) is 6.33 Å². The van der Waals surface area contributed by atoms with E-state index in [1.807, 2.05) is 24.7 Å². The number of aromatic nitrogens is 4. The molecule has 0 saturated heterocycles. The molecule has 0 N–H and O–H groups in total. The second kappa shape index (κ2) is 4.61. The van der Waals surface area contributed by atoms with Gasteiger partial charge in [-0.3, -0.25) is 4.68 Å². The summed E-state index contributed by atoms with van der Waals surface area (Å²) in [5.41, 5.74) is 2.84. The van der Waals surface area contributed by atoms with Crippen molar-refractivity contribution in [2.24, 2.45) is 0 Å². The van der Waals surface area contributed by atoms with Gasteiger partial charge >= 0.3 is 0 Å². The molecule has 0 aliphatic heterocycles. The molecule has 0 aliphatic rings. The Kier molecular flexibility index (Phi) is 3.19. The average Bonchev–Trinajstić information content (AvgIpc) is 2.77. The van der Waals surface area contributed by atoms with Crippen LogP contribution in [0.3, 0.4) is 0 Å². The van der Waals surface area contributed by atoms with E-state index in [0.717, 1.165) is 29.8 Å². The molecule has 84 valence electrons. The molecule has 2 aromatic rings. The zero-order chi connectivity index (χ0) is 11.5. The van der Waals surface area contributed by atoms with Gasteiger partial charge in [0.15, 0.2) is 0 Å². The number of hydrogen-bond donors (Lipinski definition) is 0. The number of nitrogens with zero attached hydrogens (tertiary/aromatic N) is 4. The van der Waals surface area contributed by atoms with Crippen LogP contribution in [0.4, 0.5) is 0 Å². The van der Waals surface area contributed by atoms with Gasteiger partial charge in [-0.15, -0.1) is 0 Å². The monoisotopic (exact) mass is 236 g/mol. The van der Waals surface area contributed by atoms with Crippen molar-refractivity contribution in [1.82, 2.24) is 19.7 Å². The van der Waals surface area contributed by atoms with E-state index >= 15 is 0 Å². The predicted molar refractivity (Wildman–Crippen MR) is 63.3 cm³/mol. The number of aryl methyl sites for hydroxylation is 1. The zero-order valence-corrected chi connectivity index (χ0v) is 10.1. The summed E-state index contributed by atoms with van der Waals surface area (Å²) in [6, 6.07) is 0. The zero-order valence-electron chi connectivity index (χ0n) is 9.31. The summed E-state index contributed by atoms with van der Waals surface area (Å²) < 4.78 is 1.87. The van der Waals surface area contributed by atoms with Crippen LogP contribution in [0.15, 0.2) is 18.7 Å². The molecule has 2 aromatic heterocycles. The van der Waals surface area contributed by atoms with Crippen LogP contribution in [0.1, 0.15) is 19.4 Å². The molecule has 0 spiro atoms. The second-order valence-electron chi connectivity index (χ2n) is 3.43. The number of rotatable bonds is 3. The van der Waals surface area contributed by atoms with Crippen LogP contribution < -0.4 is 0 Å². The quantitative estimate of drug-likeness (QED) is 0.770. The van der Waals surface area contributed by atoms with Gasteiger partial charge in [0.2, 0.25) is 0 Å². The fourth-order valence-electron chi connectivity index (χ4n) is 1.61. The molecule has 2 rings (SSSR count). The molecule has 0 atom stereocenters. The molecule has 5 heteroatoms. The number of halogens is 1. The second-order valence-corrected chi connectivity index (χ2v) is 3.79. The summed E-state index contributed by atoms with van der Waals surface area (Å²) in [4.78, 5) is 8.27. The lowest BCUT2D eigenvalue weighted by Crippen LogP contribution is -1.95. The van der Waals surface area contributed by atoms with E-state index in [2.05, 4.69) is 15.1 Å². The fraction of sp³-hybridized carbons (Fsp3) is 0.364. The Hall–Kier alpha value is -1.42. The molecule has 0 saturated carbocycles. The van der Waals surface area contributed by atoms with Gasteiger partial charge in [-0.05, 0) is 13.3 Å². The molecule has 4 nitrogen and oxygen atoms in total. The van der Waals surface area contributed by atoms with Gasteiger partial charge < -0.3 is 0 Å². The number of hydrogen-bond acceptors (Lipinski definition) is 3. The molecule has 0 radical (unpaired) electrons. The van der Waals surface area contributed by atoms with E-state index in [1.54, 1.807) is 6.20 Å². The first-order valence-electron chi connectivity index (χ1n) is 5.28. The largest absolute Gasteiger partial charge is 0.272 e. The van der Waals surface area contributed by atoms with Crippen LogP contribution in [0, 0.1) is 0 Å². The van der Waals surface area contributed by atoms with Gasteiger partial charge in [-0.1, -0.05) is 18.5 Å². The maximum absolute atomic E-state index is 6.04. The Balaban J connectivity index is 2.50. The summed E-state index contributed by atoms with van der Waals surface area (Å²) in [6.07, 6.45) is 6.07. The summed E-state index contributed by atoms with van der Waals surface area (Å²) >= 11 is 6.04. The minimum atomic E-state index is 0.525. The summed E-state index contributed by atoms with van der Waals surface area (Å²) in [7, 11) is 0. The highest BCUT2D eigenvalue weighted by Gasteiger charge is 2.11. The van der Waals surface area contributed by atoms with Crippen LogP contribution in [-0.2, 0) is 13.0 Å². The van der Waals surface area contributed by atoms with Crippen molar-refractivity contribution in [2.45, 2.75) is 26.8 Å². The molecule has 0 aromatic carbocycles. The Bertz CT molecular complexity index is 492. The van der Waals surface area contributed by atoms with Gasteiger partial charge in [0.05, 0.1) is 11.9 Å². The first-order valence-corrected chi connectivity index (χ1v) is 5.66. The topological polar surface area (TPSA) is 43.6 Å². The SMILES string of the molecule is CCc1c(Cl)ncnc1-c1cnn(CC)c1. The third kappa shape index (κ3) is 1.93. The fourth-order valence-corrected chi connectivity index (χ4v) is 1.88. The predicted octanol–water partition coefficient (Wildman–Crippen LogP) is 2.58. The Morgan fingerprint density at radius 1 is 1.31 bits per heavy atom. The standard InChI is InChI=1S/C11H13ClN4/c1-3-9-10(13-7-14-11(9)12)8-5-15-16(4-2)6-8/h5-7H,3-4H2,1-2H3. The van der Waals surface area contributed by atoms with E-state index < -0.39 is 0 Å². The maximum Gasteiger partial charge on any atom is 0.136 e. The Labute approximate surface area is 99.3 Å². The van der Waals surface area contributed by atoms with E-state index in [0.29, 0.717) is 5.15 Å². The van der Waals surface area contributed by atoms with Crippen molar-refractivity contribution in [3.05, 3.63) is 29.4 Å². The molecule has 0 fully saturated rings. The van der Waals surface area contributed by atoms with Crippen molar-refractivity contribution < 1.29 is 0 Å². The van der Waals surface area contributed by atoms with Crippen LogP contribution in [0.2, 0.25) is 5.15 Å². The minimum Gasteiger partial charge on any atom is -0.272 e. The third-order valence-electron chi connectivity index (χ3n) is 2.48. The van der Waals surface area contributed by atoms with E-state index in [9.17, 15) is 0 Å². The van der Waals surface area contributed by atoms with Crippen molar-refractivity contribution >= 4 is 11.6 Å². The molecule has 0 bridgehead atoms. The first kappa shape index (κ1) is 11.1. The Morgan fingerprint density at radius 3 is 2.75 bits per heavy atom. The van der Waals surface area contributed by atoms with Gasteiger partial charge in [-0.25, -0.2) is 9.97 Å². The van der Waals surface area contributed by atoms with Crippen LogP contribution in [-0.4, -0.2) is 19.7 Å². The highest BCUT2D eigenvalue weighted by molar-refractivity contribution is 6.30. The lowest BCUT2D eigenvalue weighted by molar-refractivity contribution is 0.660. The van der Waals surface area contributed by atoms with Crippen LogP contribution >= 0.6 is 11.6 Å². The molecule has 0 unspecified atom stereocenters. The Morgan fingerprint density at radius 2 is 2.12 bits per heavy atom. The third-order valence-corrected chi connectivity index (χ3v) is 2.80. The lowest BCUT2D eigenvalue weighted by Gasteiger charge is -2.05. The van der Waals surface area contributed by atoms with Crippen molar-refractivity contribution in [3.8, 4) is 11.3 Å². The molecular weight excluding hydrogens is 224 g/mol. The van der Waals surface area contributed by atoms with Gasteiger partial charge in [0, 0.05) is 23.9 Å².